The average molecular weight is 223 g/mol. The van der Waals surface area contributed by atoms with Gasteiger partial charge in [0.05, 0.1) is 0 Å². The van der Waals surface area contributed by atoms with E-state index in [9.17, 15) is 0 Å². The minimum Gasteiger partial charge on any atom is -0.317 e. The number of rotatable bonds is 4. The Morgan fingerprint density at radius 3 is 2.93 bits per heavy atom. The second-order valence-electron chi connectivity index (χ2n) is 4.76. The fourth-order valence-corrected chi connectivity index (χ4v) is 3.55. The van der Waals surface area contributed by atoms with Crippen molar-refractivity contribution in [2.24, 2.45) is 11.8 Å². The normalized spacial score (nSPS) is 30.9. The fourth-order valence-electron chi connectivity index (χ4n) is 2.85. The van der Waals surface area contributed by atoms with E-state index in [4.69, 9.17) is 0 Å². The number of aryl methyl sites for hydroxylation is 1. The smallest absolute Gasteiger partial charge is 0.00924 e. The lowest BCUT2D eigenvalue weighted by Crippen LogP contribution is -2.29. The highest BCUT2D eigenvalue weighted by Gasteiger charge is 2.30. The first-order chi connectivity index (χ1) is 7.31. The van der Waals surface area contributed by atoms with Gasteiger partial charge in [-0.1, -0.05) is 6.92 Å². The minimum absolute atomic E-state index is 0.762. The van der Waals surface area contributed by atoms with Crippen molar-refractivity contribution in [1.82, 2.24) is 5.32 Å². The number of hydrogen-bond acceptors (Lipinski definition) is 2. The summed E-state index contributed by atoms with van der Waals surface area (Å²) >= 11 is 1.82. The summed E-state index contributed by atoms with van der Waals surface area (Å²) in [7, 11) is 2.10. The lowest BCUT2D eigenvalue weighted by Gasteiger charge is -2.20. The van der Waals surface area contributed by atoms with Crippen molar-refractivity contribution in [1.29, 1.82) is 0 Å². The molecular weight excluding hydrogens is 202 g/mol. The monoisotopic (exact) mass is 223 g/mol. The summed E-state index contributed by atoms with van der Waals surface area (Å²) < 4.78 is 0. The Hall–Kier alpha value is -0.340. The topological polar surface area (TPSA) is 12.0 Å². The molecule has 0 spiro atoms. The summed E-state index contributed by atoms with van der Waals surface area (Å²) in [5.74, 6) is 1.79. The van der Waals surface area contributed by atoms with Crippen molar-refractivity contribution in [3.8, 4) is 0 Å². The summed E-state index contributed by atoms with van der Waals surface area (Å²) in [6, 6.07) is 3.03. The summed E-state index contributed by atoms with van der Waals surface area (Å²) in [5.41, 5.74) is 1.53. The van der Waals surface area contributed by atoms with E-state index in [0.29, 0.717) is 0 Å². The van der Waals surface area contributed by atoms with Gasteiger partial charge < -0.3 is 5.32 Å². The van der Waals surface area contributed by atoms with Crippen molar-refractivity contribution in [3.63, 3.8) is 0 Å². The molecule has 15 heavy (non-hydrogen) atoms. The third kappa shape index (κ3) is 2.61. The molecule has 3 unspecified atom stereocenters. The quantitative estimate of drug-likeness (QED) is 0.825. The standard InChI is InChI=1S/C13H21NS/c1-10-12(5-6-13(10)14-2)4-3-11-7-8-15-9-11/h7-10,12-14H,3-6H2,1-2H3. The van der Waals surface area contributed by atoms with Gasteiger partial charge in [-0.15, -0.1) is 0 Å². The first-order valence-electron chi connectivity index (χ1n) is 5.99. The van der Waals surface area contributed by atoms with Gasteiger partial charge in [0.2, 0.25) is 0 Å². The number of hydrogen-bond donors (Lipinski definition) is 1. The fraction of sp³-hybridized carbons (Fsp3) is 0.692. The molecule has 1 saturated carbocycles. The predicted molar refractivity (Wildman–Crippen MR) is 67.4 cm³/mol. The molecule has 0 bridgehead atoms. The lowest BCUT2D eigenvalue weighted by molar-refractivity contribution is 0.348. The molecule has 1 nitrogen and oxygen atoms in total. The van der Waals surface area contributed by atoms with Crippen LogP contribution in [0.3, 0.4) is 0 Å². The molecule has 0 aliphatic heterocycles. The molecular formula is C13H21NS. The largest absolute Gasteiger partial charge is 0.317 e. The first kappa shape index (κ1) is 11.2. The van der Waals surface area contributed by atoms with E-state index in [-0.39, 0.29) is 0 Å². The molecule has 1 heterocycles. The van der Waals surface area contributed by atoms with Crippen LogP contribution in [0.5, 0.6) is 0 Å². The molecule has 1 aliphatic carbocycles. The second-order valence-corrected chi connectivity index (χ2v) is 5.54. The highest BCUT2D eigenvalue weighted by atomic mass is 32.1. The molecule has 1 aromatic rings. The molecule has 2 rings (SSSR count). The Balaban J connectivity index is 1.81. The van der Waals surface area contributed by atoms with Gasteiger partial charge in [0.15, 0.2) is 0 Å². The van der Waals surface area contributed by atoms with E-state index in [1.54, 1.807) is 0 Å². The molecule has 0 saturated heterocycles. The molecule has 2 heteroatoms. The Bertz CT molecular complexity index is 281. The van der Waals surface area contributed by atoms with E-state index in [1.165, 1.54) is 31.2 Å². The molecule has 1 aliphatic rings. The van der Waals surface area contributed by atoms with Crippen LogP contribution in [0.25, 0.3) is 0 Å². The van der Waals surface area contributed by atoms with Crippen LogP contribution in [-0.4, -0.2) is 13.1 Å². The summed E-state index contributed by atoms with van der Waals surface area (Å²) in [4.78, 5) is 0. The number of nitrogens with one attached hydrogen (secondary N) is 1. The van der Waals surface area contributed by atoms with Crippen molar-refractivity contribution in [2.45, 2.75) is 38.6 Å². The summed E-state index contributed by atoms with van der Waals surface area (Å²) in [6.07, 6.45) is 5.42. The summed E-state index contributed by atoms with van der Waals surface area (Å²) in [5, 5.41) is 7.91. The van der Waals surface area contributed by atoms with Crippen molar-refractivity contribution in [2.75, 3.05) is 7.05 Å². The van der Waals surface area contributed by atoms with Crippen molar-refractivity contribution in [3.05, 3.63) is 22.4 Å². The molecule has 1 fully saturated rings. The second kappa shape index (κ2) is 5.13. The highest BCUT2D eigenvalue weighted by Crippen LogP contribution is 2.34. The third-order valence-corrected chi connectivity index (χ3v) is 4.71. The van der Waals surface area contributed by atoms with Crippen LogP contribution >= 0.6 is 11.3 Å². The Morgan fingerprint density at radius 2 is 2.33 bits per heavy atom. The van der Waals surface area contributed by atoms with Crippen molar-refractivity contribution < 1.29 is 0 Å². The highest BCUT2D eigenvalue weighted by molar-refractivity contribution is 7.07. The van der Waals surface area contributed by atoms with Gasteiger partial charge >= 0.3 is 0 Å². The van der Waals surface area contributed by atoms with Crippen LogP contribution in [0.4, 0.5) is 0 Å². The summed E-state index contributed by atoms with van der Waals surface area (Å²) in [6.45, 7) is 2.41. The van der Waals surface area contributed by atoms with E-state index in [1.807, 2.05) is 11.3 Å². The molecule has 3 atom stereocenters. The number of thiophene rings is 1. The van der Waals surface area contributed by atoms with E-state index in [2.05, 4.69) is 36.1 Å². The Morgan fingerprint density at radius 1 is 1.47 bits per heavy atom. The SMILES string of the molecule is CNC1CCC(CCc2ccsc2)C1C. The molecule has 0 aromatic carbocycles. The maximum atomic E-state index is 3.44. The zero-order valence-corrected chi connectivity index (χ0v) is 10.5. The maximum Gasteiger partial charge on any atom is 0.00924 e. The maximum absolute atomic E-state index is 3.44. The third-order valence-electron chi connectivity index (χ3n) is 3.98. The molecule has 1 N–H and O–H groups in total. The van der Waals surface area contributed by atoms with Gasteiger partial charge in [0, 0.05) is 6.04 Å². The van der Waals surface area contributed by atoms with Gasteiger partial charge in [0.1, 0.15) is 0 Å². The van der Waals surface area contributed by atoms with Crippen LogP contribution in [0.2, 0.25) is 0 Å². The molecule has 0 amide bonds. The van der Waals surface area contributed by atoms with Gasteiger partial charge in [-0.25, -0.2) is 0 Å². The molecule has 0 radical (unpaired) electrons. The van der Waals surface area contributed by atoms with Crippen LogP contribution in [0.15, 0.2) is 16.8 Å². The predicted octanol–water partition coefficient (Wildman–Crippen LogP) is 3.31. The van der Waals surface area contributed by atoms with E-state index < -0.39 is 0 Å². The van der Waals surface area contributed by atoms with Crippen molar-refractivity contribution >= 4 is 11.3 Å². The van der Waals surface area contributed by atoms with E-state index in [0.717, 1.165) is 17.9 Å². The Labute approximate surface area is 96.9 Å². The van der Waals surface area contributed by atoms with Gasteiger partial charge in [-0.2, -0.15) is 11.3 Å². The van der Waals surface area contributed by atoms with Crippen LogP contribution < -0.4 is 5.32 Å². The zero-order chi connectivity index (χ0) is 10.7. The van der Waals surface area contributed by atoms with Gasteiger partial charge in [-0.05, 0) is 67.0 Å². The van der Waals surface area contributed by atoms with Crippen LogP contribution in [0.1, 0.15) is 31.7 Å². The minimum atomic E-state index is 0.762. The van der Waals surface area contributed by atoms with Gasteiger partial charge in [-0.3, -0.25) is 0 Å². The lowest BCUT2D eigenvalue weighted by atomic mass is 9.90. The first-order valence-corrected chi connectivity index (χ1v) is 6.94. The van der Waals surface area contributed by atoms with Crippen LogP contribution in [0, 0.1) is 11.8 Å². The van der Waals surface area contributed by atoms with Crippen LogP contribution in [-0.2, 0) is 6.42 Å². The zero-order valence-electron chi connectivity index (χ0n) is 9.70. The molecule has 84 valence electrons. The molecule has 1 aromatic heterocycles. The van der Waals surface area contributed by atoms with Gasteiger partial charge in [0.25, 0.3) is 0 Å². The Kier molecular flexibility index (Phi) is 3.81. The average Bonchev–Trinajstić information content (AvgIpc) is 2.85. The van der Waals surface area contributed by atoms with E-state index >= 15 is 0 Å².